The molecule has 2 aliphatic heterocycles. The summed E-state index contributed by atoms with van der Waals surface area (Å²) in [6, 6.07) is 0. The predicted octanol–water partition coefficient (Wildman–Crippen LogP) is 4.60. The molecule has 5 nitrogen and oxygen atoms in total. The molecular formula is C30H52BrN3O2. The van der Waals surface area contributed by atoms with Crippen LogP contribution in [0.25, 0.3) is 0 Å². The molecule has 206 valence electrons. The van der Waals surface area contributed by atoms with Crippen molar-refractivity contribution >= 4 is 15.9 Å². The van der Waals surface area contributed by atoms with E-state index < -0.39 is 5.60 Å². The number of rotatable bonds is 2. The van der Waals surface area contributed by atoms with Crippen molar-refractivity contribution in [2.24, 2.45) is 34.0 Å². The van der Waals surface area contributed by atoms with Gasteiger partial charge in [-0.3, -0.25) is 9.80 Å². The SMILES string of the molecule is CC1(C)C(Br)CC(N2CCCCC2)(N2CCNCC2)[C@]2(C)C3CC[C@@]4(C)C(CC[C@@H]4O)C3CC[C@@]12O. The van der Waals surface area contributed by atoms with Crippen LogP contribution in [-0.4, -0.2) is 81.5 Å². The second kappa shape index (κ2) is 8.89. The molecular weight excluding hydrogens is 514 g/mol. The highest BCUT2D eigenvalue weighted by molar-refractivity contribution is 9.09. The number of piperidine rings is 1. The second-order valence-corrected chi connectivity index (χ2v) is 15.7. The van der Waals surface area contributed by atoms with Crippen LogP contribution in [0.3, 0.4) is 0 Å². The molecule has 0 aromatic carbocycles. The minimum atomic E-state index is -0.735. The summed E-state index contributed by atoms with van der Waals surface area (Å²) in [6.45, 7) is 16.2. The van der Waals surface area contributed by atoms with E-state index in [9.17, 15) is 10.2 Å². The fraction of sp³-hybridized carbons (Fsp3) is 1.00. The minimum Gasteiger partial charge on any atom is -0.393 e. The average molecular weight is 567 g/mol. The Morgan fingerprint density at radius 1 is 0.806 bits per heavy atom. The number of hydrogen-bond donors (Lipinski definition) is 3. The number of halogens is 1. The molecule has 4 saturated carbocycles. The highest BCUT2D eigenvalue weighted by Gasteiger charge is 2.78. The van der Waals surface area contributed by atoms with Crippen molar-refractivity contribution in [1.29, 1.82) is 0 Å². The fourth-order valence-corrected chi connectivity index (χ4v) is 12.2. The van der Waals surface area contributed by atoms with Crippen molar-refractivity contribution in [1.82, 2.24) is 15.1 Å². The molecule has 0 bridgehead atoms. The van der Waals surface area contributed by atoms with Gasteiger partial charge in [0.15, 0.2) is 0 Å². The van der Waals surface area contributed by atoms with Gasteiger partial charge >= 0.3 is 0 Å². The van der Waals surface area contributed by atoms with E-state index in [0.29, 0.717) is 17.8 Å². The zero-order valence-corrected chi connectivity index (χ0v) is 25.0. The Hall–Kier alpha value is 0.280. The van der Waals surface area contributed by atoms with Crippen LogP contribution in [0, 0.1) is 34.0 Å². The molecule has 0 aromatic rings. The summed E-state index contributed by atoms with van der Waals surface area (Å²) in [7, 11) is 0. The van der Waals surface area contributed by atoms with Crippen molar-refractivity contribution in [3.8, 4) is 0 Å². The van der Waals surface area contributed by atoms with Crippen molar-refractivity contribution < 1.29 is 10.2 Å². The van der Waals surface area contributed by atoms with Crippen LogP contribution >= 0.6 is 15.9 Å². The van der Waals surface area contributed by atoms with E-state index in [0.717, 1.165) is 77.8 Å². The Kier molecular flexibility index (Phi) is 6.55. The molecule has 0 radical (unpaired) electrons. The molecule has 5 unspecified atom stereocenters. The molecule has 2 saturated heterocycles. The van der Waals surface area contributed by atoms with Gasteiger partial charge in [0.2, 0.25) is 0 Å². The number of piperazine rings is 1. The van der Waals surface area contributed by atoms with Gasteiger partial charge in [0.05, 0.1) is 17.4 Å². The maximum atomic E-state index is 13.3. The Bertz CT molecular complexity index is 824. The van der Waals surface area contributed by atoms with E-state index in [1.165, 1.54) is 25.7 Å². The number of nitrogens with zero attached hydrogens (tertiary/aromatic N) is 2. The molecule has 4 aliphatic carbocycles. The first-order valence-corrected chi connectivity index (χ1v) is 16.2. The van der Waals surface area contributed by atoms with E-state index in [4.69, 9.17) is 0 Å². The smallest absolute Gasteiger partial charge is 0.0835 e. The molecule has 6 rings (SSSR count). The lowest BCUT2D eigenvalue weighted by atomic mass is 9.36. The number of hydrogen-bond acceptors (Lipinski definition) is 5. The molecule has 0 amide bonds. The van der Waals surface area contributed by atoms with Gasteiger partial charge in [-0.15, -0.1) is 0 Å². The normalized spacial score (nSPS) is 53.9. The Balaban J connectivity index is 1.54. The lowest BCUT2D eigenvalue weighted by Gasteiger charge is -2.77. The Morgan fingerprint density at radius 3 is 2.17 bits per heavy atom. The number of aliphatic hydroxyl groups is 2. The molecule has 36 heavy (non-hydrogen) atoms. The lowest BCUT2D eigenvalue weighted by Crippen LogP contribution is -2.85. The highest BCUT2D eigenvalue weighted by Crippen LogP contribution is 2.74. The molecule has 0 spiro atoms. The van der Waals surface area contributed by atoms with Gasteiger partial charge in [-0.1, -0.05) is 50.0 Å². The van der Waals surface area contributed by atoms with Gasteiger partial charge in [-0.2, -0.15) is 0 Å². The molecule has 2 heterocycles. The van der Waals surface area contributed by atoms with Crippen molar-refractivity contribution in [3.05, 3.63) is 0 Å². The number of aliphatic hydroxyl groups excluding tert-OH is 1. The van der Waals surface area contributed by atoms with E-state index in [1.54, 1.807) is 0 Å². The number of likely N-dealkylation sites (tertiary alicyclic amines) is 1. The van der Waals surface area contributed by atoms with Crippen LogP contribution in [0.4, 0.5) is 0 Å². The maximum Gasteiger partial charge on any atom is 0.0835 e. The van der Waals surface area contributed by atoms with Crippen LogP contribution in [0.1, 0.15) is 91.9 Å². The summed E-state index contributed by atoms with van der Waals surface area (Å²) in [6.07, 6.45) is 11.2. The van der Waals surface area contributed by atoms with Crippen LogP contribution in [-0.2, 0) is 0 Å². The highest BCUT2D eigenvalue weighted by atomic mass is 79.9. The minimum absolute atomic E-state index is 0.0674. The van der Waals surface area contributed by atoms with Crippen LogP contribution in [0.5, 0.6) is 0 Å². The molecule has 0 aromatic heterocycles. The summed E-state index contributed by atoms with van der Waals surface area (Å²) in [5, 5.41) is 28.0. The largest absolute Gasteiger partial charge is 0.393 e. The van der Waals surface area contributed by atoms with Gasteiger partial charge in [0.1, 0.15) is 0 Å². The molecule has 6 fully saturated rings. The van der Waals surface area contributed by atoms with Crippen molar-refractivity contribution in [2.75, 3.05) is 39.3 Å². The standard InChI is InChI=1S/C30H52BrN3O2/c1-26(2)24(31)20-30(33-16-6-5-7-17-33,34-18-14-32-15-19-34)28(4)23-11-12-27(3)22(8-9-25(27)35)21(23)10-13-29(26,28)36/h21-25,32,35-36H,5-20H2,1-4H3/t21?,22?,23?,24?,25-,27-,28+,29+,30?/m0/s1. The summed E-state index contributed by atoms with van der Waals surface area (Å²) < 4.78 is 0. The summed E-state index contributed by atoms with van der Waals surface area (Å²) in [5.41, 5.74) is -1.22. The molecule has 3 N–H and O–H groups in total. The number of fused-ring (bicyclic) bond motifs is 5. The van der Waals surface area contributed by atoms with E-state index >= 15 is 0 Å². The average Bonchev–Trinajstić information content (AvgIpc) is 3.19. The third-order valence-corrected chi connectivity index (χ3v) is 15.0. The fourth-order valence-electron chi connectivity index (χ4n) is 11.3. The van der Waals surface area contributed by atoms with Gasteiger partial charge in [0.25, 0.3) is 0 Å². The number of nitrogens with one attached hydrogen (secondary N) is 1. The first-order valence-electron chi connectivity index (χ1n) is 15.3. The summed E-state index contributed by atoms with van der Waals surface area (Å²) >= 11 is 4.23. The van der Waals surface area contributed by atoms with Crippen LogP contribution in [0.2, 0.25) is 0 Å². The van der Waals surface area contributed by atoms with Crippen molar-refractivity contribution in [3.63, 3.8) is 0 Å². The summed E-state index contributed by atoms with van der Waals surface area (Å²) in [4.78, 5) is 6.01. The van der Waals surface area contributed by atoms with Crippen LogP contribution in [0.15, 0.2) is 0 Å². The maximum absolute atomic E-state index is 13.3. The monoisotopic (exact) mass is 565 g/mol. The molecule has 6 heteroatoms. The zero-order valence-electron chi connectivity index (χ0n) is 23.4. The third kappa shape index (κ3) is 3.18. The predicted molar refractivity (Wildman–Crippen MR) is 149 cm³/mol. The van der Waals surface area contributed by atoms with Gasteiger partial charge in [-0.25, -0.2) is 0 Å². The third-order valence-electron chi connectivity index (χ3n) is 13.5. The van der Waals surface area contributed by atoms with Gasteiger partial charge in [0, 0.05) is 41.8 Å². The molecule has 6 aliphatic rings. The lowest BCUT2D eigenvalue weighted by molar-refractivity contribution is -0.335. The second-order valence-electron chi connectivity index (χ2n) is 14.6. The summed E-state index contributed by atoms with van der Waals surface area (Å²) in [5.74, 6) is 1.70. The van der Waals surface area contributed by atoms with Gasteiger partial charge in [-0.05, 0) is 94.0 Å². The molecule has 9 atom stereocenters. The van der Waals surface area contributed by atoms with E-state index in [1.807, 2.05) is 0 Å². The number of alkyl halides is 1. The van der Waals surface area contributed by atoms with E-state index in [2.05, 4.69) is 58.7 Å². The van der Waals surface area contributed by atoms with Crippen LogP contribution < -0.4 is 5.32 Å². The quantitative estimate of drug-likeness (QED) is 0.427. The van der Waals surface area contributed by atoms with E-state index in [-0.39, 0.29) is 32.8 Å². The first kappa shape index (κ1) is 26.5. The Morgan fingerprint density at radius 2 is 1.47 bits per heavy atom. The Labute approximate surface area is 228 Å². The first-order chi connectivity index (χ1) is 17.0. The topological polar surface area (TPSA) is 59.0 Å². The van der Waals surface area contributed by atoms with Gasteiger partial charge < -0.3 is 15.5 Å². The zero-order chi connectivity index (χ0) is 25.6. The van der Waals surface area contributed by atoms with Crippen molar-refractivity contribution in [2.45, 2.75) is 114 Å².